The molecule has 3 aliphatic rings. The van der Waals surface area contributed by atoms with Gasteiger partial charge in [-0.1, -0.05) is 276 Å². The molecular formula is C84H93NO. The van der Waals surface area contributed by atoms with Crippen molar-refractivity contribution in [3.63, 3.8) is 0 Å². The van der Waals surface area contributed by atoms with E-state index in [-0.39, 0.29) is 0 Å². The van der Waals surface area contributed by atoms with Crippen LogP contribution in [0.3, 0.4) is 0 Å². The van der Waals surface area contributed by atoms with Crippen LogP contribution in [-0.4, -0.2) is 0 Å². The Morgan fingerprint density at radius 2 is 0.581 bits per heavy atom. The normalized spacial score (nSPS) is 13.8. The van der Waals surface area contributed by atoms with Gasteiger partial charge in [0, 0.05) is 5.69 Å². The van der Waals surface area contributed by atoms with Crippen molar-refractivity contribution < 1.29 is 4.74 Å². The maximum absolute atomic E-state index is 7.59. The summed E-state index contributed by atoms with van der Waals surface area (Å²) in [6.45, 7) is 11.5. The minimum Gasteiger partial charge on any atom is -0.453 e. The Morgan fingerprint density at radius 3 is 0.907 bits per heavy atom. The first-order chi connectivity index (χ1) is 42.4. The monoisotopic (exact) mass is 1130 g/mol. The number of aryl methyl sites for hydroxylation is 5. The molecule has 2 aliphatic carbocycles. The lowest BCUT2D eigenvalue weighted by atomic mass is 9.67. The third-order valence-electron chi connectivity index (χ3n) is 19.8. The van der Waals surface area contributed by atoms with Gasteiger partial charge in [0.1, 0.15) is 0 Å². The Labute approximate surface area is 517 Å². The molecule has 2 nitrogen and oxygen atoms in total. The summed E-state index contributed by atoms with van der Waals surface area (Å²) in [5.41, 5.74) is 24.6. The van der Waals surface area contributed by atoms with Gasteiger partial charge in [-0.3, -0.25) is 0 Å². The Hall–Kier alpha value is -7.42. The summed E-state index contributed by atoms with van der Waals surface area (Å²) in [6, 6.07) is 77.1. The topological polar surface area (TPSA) is 12.5 Å². The Morgan fingerprint density at radius 1 is 0.279 bits per heavy atom. The third-order valence-corrected chi connectivity index (χ3v) is 19.8. The van der Waals surface area contributed by atoms with E-state index in [0.717, 1.165) is 60.7 Å². The fourth-order valence-corrected chi connectivity index (χ4v) is 15.1. The second-order valence-electron chi connectivity index (χ2n) is 25.6. The molecule has 86 heavy (non-hydrogen) atoms. The molecule has 0 saturated carbocycles. The summed E-state index contributed by atoms with van der Waals surface area (Å²) in [5.74, 6) is 1.76. The first-order valence-corrected chi connectivity index (χ1v) is 34.0. The van der Waals surface area contributed by atoms with Crippen LogP contribution in [-0.2, 0) is 42.9 Å². The number of anilines is 3. The number of nitrogens with zero attached hydrogens (tertiary/aromatic N) is 1. The molecular weight excluding hydrogens is 1040 g/mol. The number of rotatable bonds is 28. The number of benzene rings is 9. The average molecular weight is 1130 g/mol. The lowest BCUT2D eigenvalue weighted by Gasteiger charge is -2.38. The molecule has 12 rings (SSSR count). The number of ether oxygens (including phenoxy) is 1. The van der Waals surface area contributed by atoms with Crippen LogP contribution >= 0.6 is 0 Å². The fourth-order valence-electron chi connectivity index (χ4n) is 15.1. The molecule has 2 heteroatoms. The number of fused-ring (bicyclic) bond motifs is 8. The fraction of sp³-hybridized carbons (Fsp3) is 0.357. The second kappa shape index (κ2) is 27.1. The van der Waals surface area contributed by atoms with Gasteiger partial charge in [-0.05, 0) is 195 Å². The molecule has 0 spiro atoms. The van der Waals surface area contributed by atoms with Crippen molar-refractivity contribution in [2.24, 2.45) is 0 Å². The van der Waals surface area contributed by atoms with Gasteiger partial charge in [0.05, 0.1) is 22.2 Å². The maximum atomic E-state index is 7.59. The van der Waals surface area contributed by atoms with E-state index in [0.29, 0.717) is 0 Å². The highest BCUT2D eigenvalue weighted by Gasteiger charge is 2.50. The minimum absolute atomic E-state index is 0.586. The van der Waals surface area contributed by atoms with E-state index in [1.54, 1.807) is 0 Å². The molecule has 9 aromatic carbocycles. The van der Waals surface area contributed by atoms with Crippen molar-refractivity contribution in [1.82, 2.24) is 0 Å². The van der Waals surface area contributed by atoms with Crippen LogP contribution in [0.15, 0.2) is 194 Å². The van der Waals surface area contributed by atoms with Crippen molar-refractivity contribution in [3.05, 3.63) is 266 Å². The van der Waals surface area contributed by atoms with Gasteiger partial charge in [0.25, 0.3) is 0 Å². The summed E-state index contributed by atoms with van der Waals surface area (Å²) in [5, 5.41) is 0. The zero-order valence-corrected chi connectivity index (χ0v) is 52.6. The van der Waals surface area contributed by atoms with E-state index in [2.05, 4.69) is 234 Å². The van der Waals surface area contributed by atoms with Crippen molar-refractivity contribution in [2.75, 3.05) is 4.90 Å². The van der Waals surface area contributed by atoms with Crippen LogP contribution in [0.2, 0.25) is 0 Å². The van der Waals surface area contributed by atoms with Gasteiger partial charge >= 0.3 is 0 Å². The minimum atomic E-state index is -0.586. The van der Waals surface area contributed by atoms with E-state index < -0.39 is 10.8 Å². The van der Waals surface area contributed by atoms with Crippen LogP contribution in [0.25, 0.3) is 22.3 Å². The standard InChI is InChI=1S/C84H93NO/c1-6-11-16-20-29-62-37-47-66(48-38-62)83(67-49-39-63(40-50-67)30-21-17-12-7-2)75-35-26-24-33-71(75)73-57-81-79(59-77(73)83)85(70-55-45-61(46-56-70)28-15-10-5)80-60-78-74(58-82(80)86-81)72-34-25-27-36-76(72)84(78,68-51-41-64(42-52-68)31-22-18-13-8-3)69-53-43-65(44-54-69)32-23-19-14-9-4/h24-27,33-60H,6-23,28-32H2,1-5H3. The van der Waals surface area contributed by atoms with Crippen molar-refractivity contribution in [3.8, 4) is 33.8 Å². The molecule has 0 unspecified atom stereocenters. The first-order valence-electron chi connectivity index (χ1n) is 34.0. The highest BCUT2D eigenvalue weighted by molar-refractivity contribution is 5.97. The summed E-state index contributed by atoms with van der Waals surface area (Å²) < 4.78 is 7.59. The smallest absolute Gasteiger partial charge is 0.152 e. The van der Waals surface area contributed by atoms with Gasteiger partial charge in [-0.15, -0.1) is 0 Å². The molecule has 9 aromatic rings. The first kappa shape index (κ1) is 58.9. The molecule has 0 aromatic heterocycles. The molecule has 1 aliphatic heterocycles. The molecule has 0 radical (unpaired) electrons. The molecule has 0 saturated heterocycles. The Kier molecular flexibility index (Phi) is 18.6. The lowest BCUT2D eigenvalue weighted by Crippen LogP contribution is -2.30. The van der Waals surface area contributed by atoms with Crippen molar-refractivity contribution >= 4 is 17.1 Å². The van der Waals surface area contributed by atoms with E-state index in [1.807, 2.05) is 0 Å². The predicted octanol–water partition coefficient (Wildman–Crippen LogP) is 23.8. The van der Waals surface area contributed by atoms with Gasteiger partial charge in [-0.2, -0.15) is 0 Å². The molecule has 1 heterocycles. The summed E-state index contributed by atoms with van der Waals surface area (Å²) in [6.07, 6.45) is 28.0. The molecule has 0 N–H and O–H groups in total. The lowest BCUT2D eigenvalue weighted by molar-refractivity contribution is 0.476. The van der Waals surface area contributed by atoms with Crippen molar-refractivity contribution in [2.45, 2.75) is 193 Å². The van der Waals surface area contributed by atoms with E-state index in [4.69, 9.17) is 4.74 Å². The summed E-state index contributed by atoms with van der Waals surface area (Å²) in [7, 11) is 0. The highest BCUT2D eigenvalue weighted by atomic mass is 16.5. The molecule has 0 fully saturated rings. The molecule has 0 amide bonds. The van der Waals surface area contributed by atoms with E-state index in [9.17, 15) is 0 Å². The Balaban J connectivity index is 1.07. The highest BCUT2D eigenvalue weighted by Crippen LogP contribution is 2.64. The number of hydrogen-bond acceptors (Lipinski definition) is 2. The van der Waals surface area contributed by atoms with Gasteiger partial charge < -0.3 is 9.64 Å². The third kappa shape index (κ3) is 11.3. The zero-order chi connectivity index (χ0) is 58.9. The molecule has 0 atom stereocenters. The Bertz CT molecular complexity index is 3360. The SMILES string of the molecule is CCCCCCc1ccc(C2(c3ccc(CCCCCC)cc3)c3ccccc3-c3cc4c(cc32)N(c2ccc(CCCC)cc2)c2cc3c(cc2O4)-c2ccccc2C3(c2ccc(CCCCCC)cc2)c2ccc(CCCCCC)cc2)cc1. The summed E-state index contributed by atoms with van der Waals surface area (Å²) in [4.78, 5) is 2.57. The van der Waals surface area contributed by atoms with Crippen LogP contribution in [0.4, 0.5) is 17.1 Å². The number of unbranched alkanes of at least 4 members (excludes halogenated alkanes) is 13. The van der Waals surface area contributed by atoms with Gasteiger partial charge in [0.2, 0.25) is 0 Å². The molecule has 440 valence electrons. The average Bonchev–Trinajstić information content (AvgIpc) is 1.54. The van der Waals surface area contributed by atoms with Gasteiger partial charge in [0.15, 0.2) is 11.5 Å². The van der Waals surface area contributed by atoms with Crippen molar-refractivity contribution in [1.29, 1.82) is 0 Å². The maximum Gasteiger partial charge on any atom is 0.152 e. The second-order valence-corrected chi connectivity index (χ2v) is 25.6. The quantitative estimate of drug-likeness (QED) is 0.0453. The van der Waals surface area contributed by atoms with E-state index in [1.165, 1.54) is 210 Å². The summed E-state index contributed by atoms with van der Waals surface area (Å²) >= 11 is 0. The predicted molar refractivity (Wildman–Crippen MR) is 366 cm³/mol. The molecule has 0 bridgehead atoms. The largest absolute Gasteiger partial charge is 0.453 e. The van der Waals surface area contributed by atoms with Crippen LogP contribution in [0.1, 0.15) is 223 Å². The van der Waals surface area contributed by atoms with E-state index >= 15 is 0 Å². The van der Waals surface area contributed by atoms with Crippen LogP contribution in [0, 0.1) is 0 Å². The van der Waals surface area contributed by atoms with Crippen LogP contribution in [0.5, 0.6) is 11.5 Å². The van der Waals surface area contributed by atoms with Gasteiger partial charge in [-0.25, -0.2) is 0 Å². The van der Waals surface area contributed by atoms with Crippen LogP contribution < -0.4 is 9.64 Å². The number of hydrogen-bond donors (Lipinski definition) is 0. The zero-order valence-electron chi connectivity index (χ0n) is 52.6.